The van der Waals surface area contributed by atoms with E-state index in [1.165, 1.54) is 11.3 Å². The van der Waals surface area contributed by atoms with Crippen LogP contribution < -0.4 is 11.1 Å². The number of nitrogens with zero attached hydrogens (tertiary/aromatic N) is 2. The molecule has 2 rings (SSSR count). The molecule has 122 valence electrons. The normalized spacial score (nSPS) is 12.2. The Kier molecular flexibility index (Phi) is 5.70. The molecule has 0 fully saturated rings. The maximum Gasteiger partial charge on any atom is 0.251 e. The summed E-state index contributed by atoms with van der Waals surface area (Å²) in [5, 5.41) is 5.36. The van der Waals surface area contributed by atoms with Crippen molar-refractivity contribution in [2.24, 2.45) is 5.73 Å². The lowest BCUT2D eigenvalue weighted by molar-refractivity contribution is -0.120. The number of rotatable bonds is 6. The van der Waals surface area contributed by atoms with Gasteiger partial charge in [-0.25, -0.2) is 4.98 Å². The van der Waals surface area contributed by atoms with Crippen LogP contribution in [0.15, 0.2) is 29.8 Å². The Morgan fingerprint density at radius 3 is 2.78 bits per heavy atom. The fourth-order valence-electron chi connectivity index (χ4n) is 1.94. The topological polar surface area (TPSA) is 88.3 Å². The van der Waals surface area contributed by atoms with Crippen LogP contribution >= 0.6 is 22.9 Å². The Morgan fingerprint density at radius 1 is 1.43 bits per heavy atom. The fraction of sp³-hybridized carbons (Fsp3) is 0.267. The highest BCUT2D eigenvalue weighted by Gasteiger charge is 2.20. The summed E-state index contributed by atoms with van der Waals surface area (Å²) < 4.78 is 0. The van der Waals surface area contributed by atoms with Crippen LogP contribution in [0.4, 0.5) is 5.00 Å². The van der Waals surface area contributed by atoms with Gasteiger partial charge >= 0.3 is 0 Å². The number of amides is 2. The van der Waals surface area contributed by atoms with E-state index in [-0.39, 0.29) is 5.91 Å². The third-order valence-electron chi connectivity index (χ3n) is 3.43. The number of nitrogens with one attached hydrogen (secondary N) is 1. The number of carbonyl (C=O) groups excluding carboxylic acids is 2. The van der Waals surface area contributed by atoms with E-state index in [0.29, 0.717) is 22.3 Å². The van der Waals surface area contributed by atoms with Gasteiger partial charge in [-0.05, 0) is 37.0 Å². The number of likely N-dealkylation sites (N-methyl/N-ethyl adjacent to an activating group) is 1. The molecule has 1 atom stereocenters. The SMILES string of the molecule is CC(C(=O)Nc1sccc1C(N)=O)N(C)Cc1ccc(Cl)nc1. The molecule has 0 saturated heterocycles. The molecule has 2 aromatic heterocycles. The Bertz CT molecular complexity index is 702. The van der Waals surface area contributed by atoms with Crippen molar-refractivity contribution in [3.8, 4) is 0 Å². The van der Waals surface area contributed by atoms with Gasteiger partial charge in [0.15, 0.2) is 0 Å². The highest BCUT2D eigenvalue weighted by molar-refractivity contribution is 7.14. The molecule has 0 aromatic carbocycles. The van der Waals surface area contributed by atoms with Crippen molar-refractivity contribution in [2.75, 3.05) is 12.4 Å². The second-order valence-corrected chi connectivity index (χ2v) is 6.40. The summed E-state index contributed by atoms with van der Waals surface area (Å²) >= 11 is 7.02. The lowest BCUT2D eigenvalue weighted by Crippen LogP contribution is -2.39. The second kappa shape index (κ2) is 7.54. The number of pyridine rings is 1. The largest absolute Gasteiger partial charge is 0.366 e. The second-order valence-electron chi connectivity index (χ2n) is 5.10. The number of halogens is 1. The summed E-state index contributed by atoms with van der Waals surface area (Å²) in [7, 11) is 1.84. The smallest absolute Gasteiger partial charge is 0.251 e. The summed E-state index contributed by atoms with van der Waals surface area (Å²) in [4.78, 5) is 29.5. The van der Waals surface area contributed by atoms with E-state index in [2.05, 4.69) is 10.3 Å². The van der Waals surface area contributed by atoms with Crippen LogP contribution in [0.3, 0.4) is 0 Å². The molecule has 3 N–H and O–H groups in total. The molecule has 0 aliphatic carbocycles. The number of hydrogen-bond acceptors (Lipinski definition) is 5. The van der Waals surface area contributed by atoms with E-state index in [1.54, 1.807) is 30.6 Å². The molecule has 2 aromatic rings. The zero-order valence-electron chi connectivity index (χ0n) is 12.7. The molecule has 6 nitrogen and oxygen atoms in total. The molecule has 2 amide bonds. The number of hydrogen-bond donors (Lipinski definition) is 2. The summed E-state index contributed by atoms with van der Waals surface area (Å²) in [6.45, 7) is 2.34. The molecule has 0 bridgehead atoms. The van der Waals surface area contributed by atoms with Gasteiger partial charge in [0.25, 0.3) is 5.91 Å². The lowest BCUT2D eigenvalue weighted by Gasteiger charge is -2.23. The first-order chi connectivity index (χ1) is 10.9. The van der Waals surface area contributed by atoms with Crippen LogP contribution in [0, 0.1) is 0 Å². The zero-order valence-corrected chi connectivity index (χ0v) is 14.3. The number of anilines is 1. The zero-order chi connectivity index (χ0) is 17.0. The molecule has 0 aliphatic rings. The Labute approximate surface area is 143 Å². The minimum absolute atomic E-state index is 0.209. The van der Waals surface area contributed by atoms with Gasteiger partial charge < -0.3 is 11.1 Å². The first-order valence-corrected chi connectivity index (χ1v) is 8.13. The van der Waals surface area contributed by atoms with Gasteiger partial charge in [-0.15, -0.1) is 11.3 Å². The highest BCUT2D eigenvalue weighted by atomic mass is 35.5. The van der Waals surface area contributed by atoms with Crippen LogP contribution in [-0.4, -0.2) is 34.8 Å². The molecule has 0 radical (unpaired) electrons. The van der Waals surface area contributed by atoms with Crippen molar-refractivity contribution in [3.05, 3.63) is 46.1 Å². The Hall–Kier alpha value is -1.96. The lowest BCUT2D eigenvalue weighted by atomic mass is 10.2. The average molecular weight is 353 g/mol. The Morgan fingerprint density at radius 2 is 2.17 bits per heavy atom. The van der Waals surface area contributed by atoms with Gasteiger partial charge in [0.1, 0.15) is 10.2 Å². The maximum atomic E-state index is 12.3. The molecule has 0 aliphatic heterocycles. The van der Waals surface area contributed by atoms with E-state index in [0.717, 1.165) is 5.56 Å². The first-order valence-electron chi connectivity index (χ1n) is 6.87. The quantitative estimate of drug-likeness (QED) is 0.781. The highest BCUT2D eigenvalue weighted by Crippen LogP contribution is 2.23. The van der Waals surface area contributed by atoms with Crippen LogP contribution in [0.1, 0.15) is 22.8 Å². The third-order valence-corrected chi connectivity index (χ3v) is 4.48. The van der Waals surface area contributed by atoms with Gasteiger partial charge in [-0.3, -0.25) is 14.5 Å². The predicted molar refractivity (Wildman–Crippen MR) is 91.6 cm³/mol. The number of carbonyl (C=O) groups is 2. The van der Waals surface area contributed by atoms with Crippen molar-refractivity contribution < 1.29 is 9.59 Å². The molecule has 8 heteroatoms. The van der Waals surface area contributed by atoms with E-state index >= 15 is 0 Å². The van der Waals surface area contributed by atoms with Crippen LogP contribution in [-0.2, 0) is 11.3 Å². The van der Waals surface area contributed by atoms with E-state index in [1.807, 2.05) is 18.0 Å². The monoisotopic (exact) mass is 352 g/mol. The van der Waals surface area contributed by atoms with Crippen molar-refractivity contribution in [1.82, 2.24) is 9.88 Å². The minimum atomic E-state index is -0.560. The van der Waals surface area contributed by atoms with E-state index in [9.17, 15) is 9.59 Å². The molecule has 23 heavy (non-hydrogen) atoms. The van der Waals surface area contributed by atoms with Crippen LogP contribution in [0.2, 0.25) is 5.15 Å². The first kappa shape index (κ1) is 17.4. The Balaban J connectivity index is 1.99. The summed E-state index contributed by atoms with van der Waals surface area (Å²) in [6.07, 6.45) is 1.67. The van der Waals surface area contributed by atoms with Crippen molar-refractivity contribution in [1.29, 1.82) is 0 Å². The molecule has 1 unspecified atom stereocenters. The molecule has 0 saturated carbocycles. The standard InChI is InChI=1S/C15H17ClN4O2S/c1-9(20(2)8-10-3-4-12(16)18-7-10)14(22)19-15-11(13(17)21)5-6-23-15/h3-7,9H,8H2,1-2H3,(H2,17,21)(H,19,22). The van der Waals surface area contributed by atoms with Crippen molar-refractivity contribution >= 4 is 39.8 Å². The molecular formula is C15H17ClN4O2S. The van der Waals surface area contributed by atoms with Crippen LogP contribution in [0.25, 0.3) is 0 Å². The average Bonchev–Trinajstić information content (AvgIpc) is 2.97. The van der Waals surface area contributed by atoms with E-state index < -0.39 is 11.9 Å². The van der Waals surface area contributed by atoms with Gasteiger partial charge in [-0.1, -0.05) is 17.7 Å². The molecule has 0 spiro atoms. The van der Waals surface area contributed by atoms with Gasteiger partial charge in [0.2, 0.25) is 5.91 Å². The number of nitrogens with two attached hydrogens (primary N) is 1. The predicted octanol–water partition coefficient (Wildman–Crippen LogP) is 2.35. The van der Waals surface area contributed by atoms with Crippen LogP contribution in [0.5, 0.6) is 0 Å². The number of thiophene rings is 1. The van der Waals surface area contributed by atoms with E-state index in [4.69, 9.17) is 17.3 Å². The molecular weight excluding hydrogens is 336 g/mol. The molecule has 2 heterocycles. The summed E-state index contributed by atoms with van der Waals surface area (Å²) in [5.74, 6) is -0.769. The summed E-state index contributed by atoms with van der Waals surface area (Å²) in [5.41, 5.74) is 6.54. The maximum absolute atomic E-state index is 12.3. The fourth-order valence-corrected chi connectivity index (χ4v) is 2.85. The third kappa shape index (κ3) is 4.51. The van der Waals surface area contributed by atoms with Gasteiger partial charge in [-0.2, -0.15) is 0 Å². The van der Waals surface area contributed by atoms with Crippen molar-refractivity contribution in [3.63, 3.8) is 0 Å². The summed E-state index contributed by atoms with van der Waals surface area (Å²) in [6, 6.07) is 4.77. The van der Waals surface area contributed by atoms with Gasteiger partial charge in [0, 0.05) is 12.7 Å². The van der Waals surface area contributed by atoms with Gasteiger partial charge in [0.05, 0.1) is 11.6 Å². The van der Waals surface area contributed by atoms with Crippen molar-refractivity contribution in [2.45, 2.75) is 19.5 Å². The number of aromatic nitrogens is 1. The minimum Gasteiger partial charge on any atom is -0.366 e. The number of primary amides is 1.